The zero-order valence-electron chi connectivity index (χ0n) is 12.4. The normalized spacial score (nSPS) is 19.6. The Morgan fingerprint density at radius 2 is 1.95 bits per heavy atom. The maximum atomic E-state index is 13.6. The van der Waals surface area contributed by atoms with Crippen LogP contribution in [-0.2, 0) is 0 Å². The summed E-state index contributed by atoms with van der Waals surface area (Å²) in [6.45, 7) is 7.45. The molecule has 106 valence electrons. The molecule has 0 radical (unpaired) electrons. The molecule has 0 amide bonds. The maximum Gasteiger partial charge on any atom is 0.123 e. The Balaban J connectivity index is 2.41. The van der Waals surface area contributed by atoms with Crippen molar-refractivity contribution in [2.45, 2.75) is 58.9 Å². The molecule has 1 aromatic rings. The predicted molar refractivity (Wildman–Crippen MR) is 78.7 cm³/mol. The van der Waals surface area contributed by atoms with Crippen LogP contribution in [0.15, 0.2) is 18.2 Å². The van der Waals surface area contributed by atoms with Crippen molar-refractivity contribution in [3.63, 3.8) is 0 Å². The van der Waals surface area contributed by atoms with Crippen molar-refractivity contribution in [2.75, 3.05) is 6.54 Å². The van der Waals surface area contributed by atoms with E-state index in [-0.39, 0.29) is 5.82 Å². The van der Waals surface area contributed by atoms with E-state index in [0.29, 0.717) is 11.5 Å². The van der Waals surface area contributed by atoms with E-state index in [1.807, 2.05) is 6.07 Å². The summed E-state index contributed by atoms with van der Waals surface area (Å²) in [4.78, 5) is 0. The van der Waals surface area contributed by atoms with Gasteiger partial charge in [0.2, 0.25) is 0 Å². The predicted octanol–water partition coefficient (Wildman–Crippen LogP) is 4.76. The standard InChI is InChI=1S/C17H26FN/c1-4-17(10-6-7-11-17)16(19-5-2)15-12-14(18)9-8-13(15)3/h8-9,12,16,19H,4-7,10-11H2,1-3H3. The van der Waals surface area contributed by atoms with Gasteiger partial charge in [0, 0.05) is 6.04 Å². The average molecular weight is 263 g/mol. The summed E-state index contributed by atoms with van der Waals surface area (Å²) in [5, 5.41) is 3.63. The number of hydrogen-bond acceptors (Lipinski definition) is 1. The molecule has 19 heavy (non-hydrogen) atoms. The van der Waals surface area contributed by atoms with E-state index in [1.54, 1.807) is 12.1 Å². The molecule has 2 heteroatoms. The first-order valence-corrected chi connectivity index (χ1v) is 7.62. The number of halogens is 1. The first-order chi connectivity index (χ1) is 9.13. The van der Waals surface area contributed by atoms with Crippen LogP contribution in [0.5, 0.6) is 0 Å². The topological polar surface area (TPSA) is 12.0 Å². The van der Waals surface area contributed by atoms with Crippen LogP contribution in [0.2, 0.25) is 0 Å². The minimum atomic E-state index is -0.118. The fraction of sp³-hybridized carbons (Fsp3) is 0.647. The van der Waals surface area contributed by atoms with Crippen LogP contribution in [-0.4, -0.2) is 6.54 Å². The van der Waals surface area contributed by atoms with E-state index < -0.39 is 0 Å². The Morgan fingerprint density at radius 3 is 2.53 bits per heavy atom. The molecule has 1 nitrogen and oxygen atoms in total. The van der Waals surface area contributed by atoms with E-state index in [2.05, 4.69) is 26.1 Å². The molecule has 1 atom stereocenters. The highest BCUT2D eigenvalue weighted by molar-refractivity contribution is 5.31. The van der Waals surface area contributed by atoms with Crippen LogP contribution in [0.25, 0.3) is 0 Å². The first-order valence-electron chi connectivity index (χ1n) is 7.62. The van der Waals surface area contributed by atoms with Gasteiger partial charge in [-0.15, -0.1) is 0 Å². The summed E-state index contributed by atoms with van der Waals surface area (Å²) in [5.74, 6) is -0.118. The Kier molecular flexibility index (Phi) is 4.62. The lowest BCUT2D eigenvalue weighted by atomic mass is 9.72. The third-order valence-corrected chi connectivity index (χ3v) is 4.88. The highest BCUT2D eigenvalue weighted by Gasteiger charge is 2.40. The number of hydrogen-bond donors (Lipinski definition) is 1. The summed E-state index contributed by atoms with van der Waals surface area (Å²) in [6, 6.07) is 5.50. The van der Waals surface area contributed by atoms with Gasteiger partial charge in [-0.2, -0.15) is 0 Å². The molecular weight excluding hydrogens is 237 g/mol. The lowest BCUT2D eigenvalue weighted by molar-refractivity contribution is 0.188. The van der Waals surface area contributed by atoms with Gasteiger partial charge in [0.05, 0.1) is 0 Å². The quantitative estimate of drug-likeness (QED) is 0.808. The first kappa shape index (κ1) is 14.5. The van der Waals surface area contributed by atoms with Crippen LogP contribution in [0.3, 0.4) is 0 Å². The van der Waals surface area contributed by atoms with Crippen LogP contribution >= 0.6 is 0 Å². The van der Waals surface area contributed by atoms with E-state index in [0.717, 1.165) is 12.1 Å². The number of benzene rings is 1. The number of rotatable bonds is 5. The highest BCUT2D eigenvalue weighted by Crippen LogP contribution is 2.50. The minimum Gasteiger partial charge on any atom is -0.310 e. The van der Waals surface area contributed by atoms with E-state index in [9.17, 15) is 4.39 Å². The van der Waals surface area contributed by atoms with Crippen molar-refractivity contribution in [1.82, 2.24) is 5.32 Å². The molecule has 1 fully saturated rings. The maximum absolute atomic E-state index is 13.6. The molecule has 2 rings (SSSR count). The van der Waals surface area contributed by atoms with Crippen LogP contribution < -0.4 is 5.32 Å². The van der Waals surface area contributed by atoms with Gasteiger partial charge in [0.15, 0.2) is 0 Å². The van der Waals surface area contributed by atoms with Gasteiger partial charge in [-0.3, -0.25) is 0 Å². The van der Waals surface area contributed by atoms with Crippen LogP contribution in [0.1, 0.15) is 63.1 Å². The largest absolute Gasteiger partial charge is 0.310 e. The minimum absolute atomic E-state index is 0.118. The summed E-state index contributed by atoms with van der Waals surface area (Å²) >= 11 is 0. The second kappa shape index (κ2) is 6.04. The SMILES string of the molecule is CCNC(c1cc(F)ccc1C)C1(CC)CCCC1. The monoisotopic (exact) mass is 263 g/mol. The fourth-order valence-corrected chi connectivity index (χ4v) is 3.71. The van der Waals surface area contributed by atoms with Crippen molar-refractivity contribution < 1.29 is 4.39 Å². The molecule has 1 saturated carbocycles. The molecule has 0 heterocycles. The lowest BCUT2D eigenvalue weighted by Gasteiger charge is -2.38. The zero-order chi connectivity index (χ0) is 13.9. The van der Waals surface area contributed by atoms with Gasteiger partial charge in [-0.1, -0.05) is 32.8 Å². The smallest absolute Gasteiger partial charge is 0.123 e. The summed E-state index contributed by atoms with van der Waals surface area (Å²) in [6.07, 6.45) is 6.31. The zero-order valence-corrected chi connectivity index (χ0v) is 12.4. The van der Waals surface area contributed by atoms with Crippen molar-refractivity contribution >= 4 is 0 Å². The second-order valence-electron chi connectivity index (χ2n) is 5.91. The summed E-state index contributed by atoms with van der Waals surface area (Å²) in [7, 11) is 0. The Hall–Kier alpha value is -0.890. The Morgan fingerprint density at radius 1 is 1.26 bits per heavy atom. The number of nitrogens with one attached hydrogen (secondary N) is 1. The van der Waals surface area contributed by atoms with Gasteiger partial charge in [0.1, 0.15) is 5.82 Å². The van der Waals surface area contributed by atoms with Gasteiger partial charge < -0.3 is 5.32 Å². The fourth-order valence-electron chi connectivity index (χ4n) is 3.71. The molecule has 1 unspecified atom stereocenters. The van der Waals surface area contributed by atoms with Crippen molar-refractivity contribution in [2.24, 2.45) is 5.41 Å². The van der Waals surface area contributed by atoms with Crippen LogP contribution in [0.4, 0.5) is 4.39 Å². The molecule has 0 aliphatic heterocycles. The van der Waals surface area contributed by atoms with Gasteiger partial charge in [-0.05, 0) is 61.4 Å². The molecule has 1 aliphatic carbocycles. The molecule has 1 aromatic carbocycles. The van der Waals surface area contributed by atoms with Crippen molar-refractivity contribution in [3.05, 3.63) is 35.1 Å². The van der Waals surface area contributed by atoms with Gasteiger partial charge in [-0.25, -0.2) is 4.39 Å². The second-order valence-corrected chi connectivity index (χ2v) is 5.91. The van der Waals surface area contributed by atoms with E-state index >= 15 is 0 Å². The van der Waals surface area contributed by atoms with Gasteiger partial charge >= 0.3 is 0 Å². The van der Waals surface area contributed by atoms with Crippen LogP contribution in [0, 0.1) is 18.2 Å². The van der Waals surface area contributed by atoms with Crippen molar-refractivity contribution in [1.29, 1.82) is 0 Å². The third-order valence-electron chi connectivity index (χ3n) is 4.88. The lowest BCUT2D eigenvalue weighted by Crippen LogP contribution is -2.36. The van der Waals surface area contributed by atoms with Crippen molar-refractivity contribution in [3.8, 4) is 0 Å². The Bertz CT molecular complexity index is 421. The molecule has 0 saturated heterocycles. The van der Waals surface area contributed by atoms with E-state index in [4.69, 9.17) is 0 Å². The highest BCUT2D eigenvalue weighted by atomic mass is 19.1. The van der Waals surface area contributed by atoms with E-state index in [1.165, 1.54) is 37.7 Å². The summed E-state index contributed by atoms with van der Waals surface area (Å²) in [5.41, 5.74) is 2.67. The summed E-state index contributed by atoms with van der Waals surface area (Å²) < 4.78 is 13.6. The average Bonchev–Trinajstić information content (AvgIpc) is 2.89. The molecule has 0 spiro atoms. The number of aryl methyl sites for hydroxylation is 1. The third kappa shape index (κ3) is 2.84. The molecule has 1 aliphatic rings. The molecule has 0 aromatic heterocycles. The van der Waals surface area contributed by atoms with Gasteiger partial charge in [0.25, 0.3) is 0 Å². The molecule has 0 bridgehead atoms. The molecule has 1 N–H and O–H groups in total. The molecular formula is C17H26FN. The Labute approximate surface area is 116 Å².